The average molecular weight is 259 g/mol. The number of halogens is 1. The van der Waals surface area contributed by atoms with Gasteiger partial charge in [0.15, 0.2) is 0 Å². The van der Waals surface area contributed by atoms with Gasteiger partial charge >= 0.3 is 0 Å². The second-order valence-corrected chi connectivity index (χ2v) is 5.02. The summed E-state index contributed by atoms with van der Waals surface area (Å²) in [6, 6.07) is 14.4. The van der Waals surface area contributed by atoms with Crippen molar-refractivity contribution in [3.05, 3.63) is 53.1 Å². The van der Waals surface area contributed by atoms with Gasteiger partial charge in [-0.3, -0.25) is 0 Å². The first-order valence-corrected chi connectivity index (χ1v) is 6.73. The molecule has 0 spiro atoms. The molecular formula is C16H15ClO. The molecule has 0 N–H and O–H groups in total. The third kappa shape index (κ3) is 2.23. The summed E-state index contributed by atoms with van der Waals surface area (Å²) in [4.78, 5) is 0. The second-order valence-electron chi connectivity index (χ2n) is 4.61. The highest BCUT2D eigenvalue weighted by atomic mass is 35.5. The van der Waals surface area contributed by atoms with E-state index in [4.69, 9.17) is 16.3 Å². The molecule has 1 heterocycles. The number of ether oxygens (including phenoxy) is 1. The third-order valence-corrected chi connectivity index (χ3v) is 3.65. The number of rotatable bonds is 1. The minimum Gasteiger partial charge on any atom is -0.493 e. The summed E-state index contributed by atoms with van der Waals surface area (Å²) in [7, 11) is 0. The Bertz CT molecular complexity index is 549. The molecule has 0 bridgehead atoms. The van der Waals surface area contributed by atoms with E-state index < -0.39 is 0 Å². The van der Waals surface area contributed by atoms with Crippen molar-refractivity contribution in [3.63, 3.8) is 0 Å². The van der Waals surface area contributed by atoms with Crippen LogP contribution in [-0.2, 0) is 6.42 Å². The zero-order chi connectivity index (χ0) is 12.4. The molecule has 0 fully saturated rings. The van der Waals surface area contributed by atoms with Crippen molar-refractivity contribution in [2.24, 2.45) is 0 Å². The van der Waals surface area contributed by atoms with Crippen molar-refractivity contribution in [2.75, 3.05) is 6.61 Å². The lowest BCUT2D eigenvalue weighted by Crippen LogP contribution is -1.95. The van der Waals surface area contributed by atoms with Crippen molar-refractivity contribution in [3.8, 4) is 16.9 Å². The summed E-state index contributed by atoms with van der Waals surface area (Å²) in [6.45, 7) is 0.808. The Kier molecular flexibility index (Phi) is 3.24. The summed E-state index contributed by atoms with van der Waals surface area (Å²) in [5.74, 6) is 0.996. The quantitative estimate of drug-likeness (QED) is 0.719. The van der Waals surface area contributed by atoms with Gasteiger partial charge in [-0.2, -0.15) is 0 Å². The van der Waals surface area contributed by atoms with E-state index in [1.807, 2.05) is 18.2 Å². The van der Waals surface area contributed by atoms with Crippen molar-refractivity contribution in [1.82, 2.24) is 0 Å². The molecule has 0 atom stereocenters. The van der Waals surface area contributed by atoms with Gasteiger partial charge in [0.05, 0.1) is 6.61 Å². The molecule has 1 aliphatic rings. The minimum absolute atomic E-state index is 0.808. The predicted molar refractivity (Wildman–Crippen MR) is 75.3 cm³/mol. The molecule has 0 aliphatic carbocycles. The molecule has 2 aromatic carbocycles. The van der Waals surface area contributed by atoms with Crippen LogP contribution in [0.3, 0.4) is 0 Å². The Morgan fingerprint density at radius 1 is 1.00 bits per heavy atom. The number of hydrogen-bond donors (Lipinski definition) is 0. The van der Waals surface area contributed by atoms with Gasteiger partial charge in [-0.05, 0) is 42.5 Å². The molecule has 0 aromatic heterocycles. The molecule has 92 valence electrons. The highest BCUT2D eigenvalue weighted by Gasteiger charge is 2.13. The van der Waals surface area contributed by atoms with Gasteiger partial charge in [0, 0.05) is 10.6 Å². The molecule has 18 heavy (non-hydrogen) atoms. The smallest absolute Gasteiger partial charge is 0.123 e. The molecule has 0 saturated heterocycles. The number of aryl methyl sites for hydroxylation is 1. The van der Waals surface area contributed by atoms with E-state index >= 15 is 0 Å². The first-order chi connectivity index (χ1) is 8.84. The lowest BCUT2D eigenvalue weighted by molar-refractivity contribution is 0.317. The van der Waals surface area contributed by atoms with Gasteiger partial charge < -0.3 is 4.74 Å². The second kappa shape index (κ2) is 5.03. The first kappa shape index (κ1) is 11.6. The van der Waals surface area contributed by atoms with Gasteiger partial charge in [0.1, 0.15) is 5.75 Å². The molecular weight excluding hydrogens is 244 g/mol. The van der Waals surface area contributed by atoms with E-state index in [0.717, 1.165) is 41.3 Å². The lowest BCUT2D eigenvalue weighted by atomic mass is 10.0. The fourth-order valence-electron chi connectivity index (χ4n) is 2.36. The fraction of sp³-hybridized carbons (Fsp3) is 0.250. The topological polar surface area (TPSA) is 9.23 Å². The maximum Gasteiger partial charge on any atom is 0.123 e. The summed E-state index contributed by atoms with van der Waals surface area (Å²) in [5.41, 5.74) is 3.42. The molecule has 0 amide bonds. The van der Waals surface area contributed by atoms with Crippen LogP contribution in [-0.4, -0.2) is 6.61 Å². The normalized spacial score (nSPS) is 14.5. The number of benzene rings is 2. The van der Waals surface area contributed by atoms with E-state index in [1.54, 1.807) is 0 Å². The zero-order valence-electron chi connectivity index (χ0n) is 10.2. The molecule has 3 rings (SSSR count). The third-order valence-electron chi connectivity index (χ3n) is 3.33. The van der Waals surface area contributed by atoms with Crippen LogP contribution in [0.25, 0.3) is 11.1 Å². The molecule has 1 nitrogen and oxygen atoms in total. The van der Waals surface area contributed by atoms with Gasteiger partial charge in [-0.15, -0.1) is 0 Å². The molecule has 2 heteroatoms. The van der Waals surface area contributed by atoms with Gasteiger partial charge in [0.25, 0.3) is 0 Å². The zero-order valence-corrected chi connectivity index (χ0v) is 10.9. The van der Waals surface area contributed by atoms with Crippen LogP contribution in [0, 0.1) is 0 Å². The maximum atomic E-state index is 6.39. The Morgan fingerprint density at radius 2 is 1.83 bits per heavy atom. The molecule has 0 saturated carbocycles. The Labute approximate surface area is 112 Å². The van der Waals surface area contributed by atoms with Crippen LogP contribution in [0.2, 0.25) is 5.02 Å². The van der Waals surface area contributed by atoms with Crippen molar-refractivity contribution < 1.29 is 4.74 Å². The maximum absolute atomic E-state index is 6.39. The summed E-state index contributed by atoms with van der Waals surface area (Å²) in [5, 5.41) is 0.811. The van der Waals surface area contributed by atoms with Crippen LogP contribution < -0.4 is 4.74 Å². The molecule has 1 aliphatic heterocycles. The van der Waals surface area contributed by atoms with Gasteiger partial charge in [0.2, 0.25) is 0 Å². The van der Waals surface area contributed by atoms with Crippen LogP contribution in [0.4, 0.5) is 0 Å². The lowest BCUT2D eigenvalue weighted by Gasteiger charge is -2.11. The Balaban J connectivity index is 2.09. The number of fused-ring (bicyclic) bond motifs is 1. The summed E-state index contributed by atoms with van der Waals surface area (Å²) >= 11 is 6.39. The van der Waals surface area contributed by atoms with Crippen molar-refractivity contribution in [2.45, 2.75) is 19.3 Å². The van der Waals surface area contributed by atoms with Crippen LogP contribution in [0.15, 0.2) is 42.5 Å². The average Bonchev–Trinajstić information content (AvgIpc) is 2.63. The van der Waals surface area contributed by atoms with E-state index in [-0.39, 0.29) is 0 Å². The van der Waals surface area contributed by atoms with Crippen LogP contribution in [0.1, 0.15) is 18.4 Å². The summed E-state index contributed by atoms with van der Waals surface area (Å²) in [6.07, 6.45) is 3.35. The van der Waals surface area contributed by atoms with Gasteiger partial charge in [-0.25, -0.2) is 0 Å². The van der Waals surface area contributed by atoms with Gasteiger partial charge in [-0.1, -0.05) is 41.9 Å². The summed E-state index contributed by atoms with van der Waals surface area (Å²) < 4.78 is 5.81. The van der Waals surface area contributed by atoms with Crippen molar-refractivity contribution in [1.29, 1.82) is 0 Å². The molecule has 0 unspecified atom stereocenters. The van der Waals surface area contributed by atoms with Crippen molar-refractivity contribution >= 4 is 11.6 Å². The highest BCUT2D eigenvalue weighted by molar-refractivity contribution is 6.33. The predicted octanol–water partition coefficient (Wildman–Crippen LogP) is 4.72. The minimum atomic E-state index is 0.808. The fourth-order valence-corrected chi connectivity index (χ4v) is 2.66. The Morgan fingerprint density at radius 3 is 2.67 bits per heavy atom. The number of hydrogen-bond acceptors (Lipinski definition) is 1. The van der Waals surface area contributed by atoms with Crippen LogP contribution in [0.5, 0.6) is 5.75 Å². The molecule has 2 aromatic rings. The van der Waals surface area contributed by atoms with Crippen LogP contribution >= 0.6 is 11.6 Å². The van der Waals surface area contributed by atoms with E-state index in [0.29, 0.717) is 0 Å². The van der Waals surface area contributed by atoms with E-state index in [2.05, 4.69) is 24.3 Å². The monoisotopic (exact) mass is 258 g/mol. The first-order valence-electron chi connectivity index (χ1n) is 6.35. The Hall–Kier alpha value is -1.47. The largest absolute Gasteiger partial charge is 0.493 e. The van der Waals surface area contributed by atoms with E-state index in [1.165, 1.54) is 12.0 Å². The molecule has 0 radical (unpaired) electrons. The SMILES string of the molecule is Clc1cc2c(cc1-c1ccccc1)OCCCC2. The highest BCUT2D eigenvalue weighted by Crippen LogP contribution is 2.36. The van der Waals surface area contributed by atoms with E-state index in [9.17, 15) is 0 Å². The standard InChI is InChI=1S/C16H15ClO/c17-15-10-13-8-4-5-9-18-16(13)11-14(15)12-6-2-1-3-7-12/h1-3,6-7,10-11H,4-5,8-9H2.